The first-order valence-corrected chi connectivity index (χ1v) is 7.11. The van der Waals surface area contributed by atoms with Gasteiger partial charge in [-0.05, 0) is 32.6 Å². The molecular formula is C14H22N2O4. The molecule has 0 aromatic carbocycles. The Kier molecular flexibility index (Phi) is 4.01. The molecule has 2 fully saturated rings. The van der Waals surface area contributed by atoms with E-state index in [2.05, 4.69) is 5.32 Å². The van der Waals surface area contributed by atoms with Crippen molar-refractivity contribution >= 4 is 17.8 Å². The summed E-state index contributed by atoms with van der Waals surface area (Å²) in [5, 5.41) is 11.6. The van der Waals surface area contributed by atoms with E-state index in [9.17, 15) is 14.4 Å². The average molecular weight is 282 g/mol. The van der Waals surface area contributed by atoms with Gasteiger partial charge < -0.3 is 15.3 Å². The molecule has 3 atom stereocenters. The quantitative estimate of drug-likeness (QED) is 0.788. The summed E-state index contributed by atoms with van der Waals surface area (Å²) in [6, 6.07) is 0. The maximum absolute atomic E-state index is 12.4. The Balaban J connectivity index is 1.95. The van der Waals surface area contributed by atoms with Crippen LogP contribution in [0.2, 0.25) is 0 Å². The fourth-order valence-electron chi connectivity index (χ4n) is 3.32. The Hall–Kier alpha value is -1.59. The summed E-state index contributed by atoms with van der Waals surface area (Å²) in [5.41, 5.74) is -0.519. The molecule has 2 rings (SSSR count). The summed E-state index contributed by atoms with van der Waals surface area (Å²) in [5.74, 6) is -1.42. The molecule has 0 bridgehead atoms. The van der Waals surface area contributed by atoms with E-state index < -0.39 is 17.3 Å². The van der Waals surface area contributed by atoms with Crippen molar-refractivity contribution in [3.63, 3.8) is 0 Å². The normalized spacial score (nSPS) is 33.2. The predicted molar refractivity (Wildman–Crippen MR) is 71.8 cm³/mol. The molecule has 6 heteroatoms. The molecule has 2 N–H and O–H groups in total. The molecule has 0 spiro atoms. The predicted octanol–water partition coefficient (Wildman–Crippen LogP) is 0.472. The van der Waals surface area contributed by atoms with Crippen LogP contribution in [-0.4, -0.2) is 47.9 Å². The second-order valence-corrected chi connectivity index (χ2v) is 6.19. The van der Waals surface area contributed by atoms with Crippen LogP contribution >= 0.6 is 0 Å². The van der Waals surface area contributed by atoms with Crippen molar-refractivity contribution < 1.29 is 19.5 Å². The molecule has 1 saturated carbocycles. The fourth-order valence-corrected chi connectivity index (χ4v) is 3.32. The number of carbonyl (C=O) groups excluding carboxylic acids is 2. The maximum atomic E-state index is 12.4. The molecule has 0 radical (unpaired) electrons. The Morgan fingerprint density at radius 1 is 1.25 bits per heavy atom. The Labute approximate surface area is 118 Å². The van der Waals surface area contributed by atoms with E-state index in [-0.39, 0.29) is 17.7 Å². The van der Waals surface area contributed by atoms with Crippen LogP contribution in [0.25, 0.3) is 0 Å². The number of hydrogen-bond acceptors (Lipinski definition) is 3. The first-order chi connectivity index (χ1) is 9.37. The van der Waals surface area contributed by atoms with Gasteiger partial charge in [-0.2, -0.15) is 0 Å². The number of nitrogens with zero attached hydrogens (tertiary/aromatic N) is 1. The molecule has 6 nitrogen and oxygen atoms in total. The first kappa shape index (κ1) is 14.8. The van der Waals surface area contributed by atoms with E-state index in [0.29, 0.717) is 38.8 Å². The highest BCUT2D eigenvalue weighted by Crippen LogP contribution is 2.36. The highest BCUT2D eigenvalue weighted by atomic mass is 16.4. The van der Waals surface area contributed by atoms with Crippen LogP contribution in [0.15, 0.2) is 0 Å². The van der Waals surface area contributed by atoms with Gasteiger partial charge in [0.05, 0.1) is 11.3 Å². The smallest absolute Gasteiger partial charge is 0.306 e. The molecule has 1 aliphatic carbocycles. The summed E-state index contributed by atoms with van der Waals surface area (Å²) in [7, 11) is 1.60. The van der Waals surface area contributed by atoms with Crippen molar-refractivity contribution in [3.8, 4) is 0 Å². The van der Waals surface area contributed by atoms with Gasteiger partial charge in [-0.25, -0.2) is 0 Å². The minimum atomic E-state index is -0.808. The van der Waals surface area contributed by atoms with E-state index in [1.807, 2.05) is 6.92 Å². The largest absolute Gasteiger partial charge is 0.481 e. The zero-order valence-corrected chi connectivity index (χ0v) is 12.0. The van der Waals surface area contributed by atoms with E-state index in [4.69, 9.17) is 5.11 Å². The number of rotatable bonds is 3. The maximum Gasteiger partial charge on any atom is 0.306 e. The minimum Gasteiger partial charge on any atom is -0.481 e. The van der Waals surface area contributed by atoms with Crippen molar-refractivity contribution in [2.24, 2.45) is 17.3 Å². The van der Waals surface area contributed by atoms with Gasteiger partial charge >= 0.3 is 5.97 Å². The molecule has 0 aromatic rings. The van der Waals surface area contributed by atoms with E-state index in [1.54, 1.807) is 11.9 Å². The van der Waals surface area contributed by atoms with Crippen LogP contribution in [0.4, 0.5) is 0 Å². The molecule has 112 valence electrons. The minimum absolute atomic E-state index is 0.0152. The monoisotopic (exact) mass is 282 g/mol. The zero-order valence-electron chi connectivity index (χ0n) is 12.0. The van der Waals surface area contributed by atoms with E-state index in [1.165, 1.54) is 0 Å². The lowest BCUT2D eigenvalue weighted by Crippen LogP contribution is -2.41. The summed E-state index contributed by atoms with van der Waals surface area (Å²) in [4.78, 5) is 36.9. The van der Waals surface area contributed by atoms with Crippen molar-refractivity contribution in [2.45, 2.75) is 32.6 Å². The number of hydrogen-bond donors (Lipinski definition) is 2. The fraction of sp³-hybridized carbons (Fsp3) is 0.786. The molecule has 0 aromatic heterocycles. The van der Waals surface area contributed by atoms with Gasteiger partial charge in [-0.1, -0.05) is 0 Å². The Morgan fingerprint density at radius 2 is 1.90 bits per heavy atom. The third kappa shape index (κ3) is 2.64. The van der Waals surface area contributed by atoms with Crippen LogP contribution in [0.3, 0.4) is 0 Å². The molecule has 2 amide bonds. The number of amides is 2. The lowest BCUT2D eigenvalue weighted by molar-refractivity contribution is -0.141. The van der Waals surface area contributed by atoms with Gasteiger partial charge in [-0.3, -0.25) is 14.4 Å². The second-order valence-electron chi connectivity index (χ2n) is 6.19. The highest BCUT2D eigenvalue weighted by Gasteiger charge is 2.44. The highest BCUT2D eigenvalue weighted by molar-refractivity contribution is 5.86. The van der Waals surface area contributed by atoms with Crippen molar-refractivity contribution in [3.05, 3.63) is 0 Å². The molecule has 1 aliphatic heterocycles. The number of carbonyl (C=O) groups is 3. The summed E-state index contributed by atoms with van der Waals surface area (Å²) in [6.45, 7) is 2.88. The third-order valence-corrected chi connectivity index (χ3v) is 4.69. The van der Waals surface area contributed by atoms with Crippen molar-refractivity contribution in [1.29, 1.82) is 0 Å². The van der Waals surface area contributed by atoms with Crippen LogP contribution in [-0.2, 0) is 14.4 Å². The number of aliphatic carboxylic acids is 1. The summed E-state index contributed by atoms with van der Waals surface area (Å²) >= 11 is 0. The Bertz CT molecular complexity index is 437. The van der Waals surface area contributed by atoms with Crippen molar-refractivity contribution in [2.75, 3.05) is 20.1 Å². The Morgan fingerprint density at radius 3 is 2.45 bits per heavy atom. The van der Waals surface area contributed by atoms with Crippen molar-refractivity contribution in [1.82, 2.24) is 10.2 Å². The first-order valence-electron chi connectivity index (χ1n) is 7.11. The molecular weight excluding hydrogens is 260 g/mol. The zero-order chi connectivity index (χ0) is 14.9. The number of carboxylic acids is 1. The lowest BCUT2D eigenvalue weighted by atomic mass is 9.89. The van der Waals surface area contributed by atoms with E-state index >= 15 is 0 Å². The summed E-state index contributed by atoms with van der Waals surface area (Å²) < 4.78 is 0. The van der Waals surface area contributed by atoms with Gasteiger partial charge in [0, 0.05) is 26.1 Å². The average Bonchev–Trinajstić information content (AvgIpc) is 3.04. The van der Waals surface area contributed by atoms with Crippen LogP contribution in [0, 0.1) is 17.3 Å². The standard InChI is InChI=1S/C14H22N2O4/c1-14(13(20)15-2)5-6-16(8-14)11(17)9-3-4-10(7-9)12(18)19/h9-10H,3-8H2,1-2H3,(H,15,20)(H,18,19). The van der Waals surface area contributed by atoms with Crippen LogP contribution < -0.4 is 5.32 Å². The number of nitrogens with one attached hydrogen (secondary N) is 1. The molecule has 20 heavy (non-hydrogen) atoms. The van der Waals surface area contributed by atoms with E-state index in [0.717, 1.165) is 0 Å². The van der Waals surface area contributed by atoms with Gasteiger partial charge in [0.1, 0.15) is 0 Å². The number of likely N-dealkylation sites (tertiary alicyclic amines) is 1. The van der Waals surface area contributed by atoms with Gasteiger partial charge in [-0.15, -0.1) is 0 Å². The van der Waals surface area contributed by atoms with Gasteiger partial charge in [0.15, 0.2) is 0 Å². The van der Waals surface area contributed by atoms with Crippen LogP contribution in [0.5, 0.6) is 0 Å². The lowest BCUT2D eigenvalue weighted by Gasteiger charge is -2.24. The summed E-state index contributed by atoms with van der Waals surface area (Å²) in [6.07, 6.45) is 2.31. The molecule has 2 aliphatic rings. The second kappa shape index (κ2) is 5.42. The molecule has 3 unspecified atom stereocenters. The molecule has 1 heterocycles. The van der Waals surface area contributed by atoms with Crippen LogP contribution in [0.1, 0.15) is 32.6 Å². The SMILES string of the molecule is CNC(=O)C1(C)CCN(C(=O)C2CCC(C(=O)O)C2)C1. The third-order valence-electron chi connectivity index (χ3n) is 4.69. The molecule has 1 saturated heterocycles. The van der Waals surface area contributed by atoms with Gasteiger partial charge in [0.2, 0.25) is 11.8 Å². The topological polar surface area (TPSA) is 86.7 Å². The number of carboxylic acid groups (broad SMARTS) is 1. The van der Waals surface area contributed by atoms with Gasteiger partial charge in [0.25, 0.3) is 0 Å².